The van der Waals surface area contributed by atoms with Gasteiger partial charge in [0.2, 0.25) is 0 Å². The molecule has 0 unspecified atom stereocenters. The number of allylic oxidation sites excluding steroid dienone is 6. The van der Waals surface area contributed by atoms with Crippen molar-refractivity contribution in [2.75, 3.05) is 0 Å². The molecule has 0 aromatic carbocycles. The van der Waals surface area contributed by atoms with Crippen LogP contribution in [0.4, 0.5) is 0 Å². The molecule has 0 spiro atoms. The first-order valence-electron chi connectivity index (χ1n) is 5.83. The zero-order valence-electron chi connectivity index (χ0n) is 10.4. The number of hydrogen-bond acceptors (Lipinski definition) is 0. The minimum absolute atomic E-state index is 1.13. The van der Waals surface area contributed by atoms with Crippen LogP contribution in [0.1, 0.15) is 53.9 Å². The van der Waals surface area contributed by atoms with E-state index in [0.29, 0.717) is 0 Å². The Morgan fingerprint density at radius 3 is 2.07 bits per heavy atom. The van der Waals surface area contributed by atoms with Gasteiger partial charge in [-0.2, -0.15) is 0 Å². The van der Waals surface area contributed by atoms with Crippen molar-refractivity contribution in [3.05, 3.63) is 34.9 Å². The normalized spacial score (nSPS) is 15.6. The van der Waals surface area contributed by atoms with Crippen molar-refractivity contribution < 1.29 is 0 Å². The van der Waals surface area contributed by atoms with Crippen LogP contribution in [0, 0.1) is 0 Å². The van der Waals surface area contributed by atoms with Gasteiger partial charge in [-0.1, -0.05) is 51.5 Å². The molecule has 0 N–H and O–H groups in total. The predicted octanol–water partition coefficient (Wildman–Crippen LogP) is 5.04. The van der Waals surface area contributed by atoms with Gasteiger partial charge in [-0.15, -0.1) is 0 Å². The van der Waals surface area contributed by atoms with Crippen LogP contribution in [-0.2, 0) is 0 Å². The van der Waals surface area contributed by atoms with Crippen LogP contribution in [0.2, 0.25) is 0 Å². The molecule has 0 radical (unpaired) electrons. The van der Waals surface area contributed by atoms with Crippen LogP contribution in [0.5, 0.6) is 0 Å². The molecule has 0 bridgehead atoms. The maximum atomic E-state index is 2.37. The summed E-state index contributed by atoms with van der Waals surface area (Å²) in [5, 5.41) is 0. The Morgan fingerprint density at radius 1 is 1.00 bits per heavy atom. The van der Waals surface area contributed by atoms with E-state index >= 15 is 0 Å². The van der Waals surface area contributed by atoms with Gasteiger partial charge in [0.25, 0.3) is 0 Å². The Bertz CT molecular complexity index is 239. The molecule has 1 aliphatic rings. The third-order valence-electron chi connectivity index (χ3n) is 2.41. The van der Waals surface area contributed by atoms with Gasteiger partial charge in [-0.3, -0.25) is 0 Å². The van der Waals surface area contributed by atoms with Crippen LogP contribution in [0.15, 0.2) is 34.9 Å². The van der Waals surface area contributed by atoms with Crippen molar-refractivity contribution in [3.8, 4) is 0 Å². The van der Waals surface area contributed by atoms with Gasteiger partial charge in [0.15, 0.2) is 0 Å². The molecule has 80 valence electrons. The maximum Gasteiger partial charge on any atom is -0.0133 e. The highest BCUT2D eigenvalue weighted by Crippen LogP contribution is 2.22. The van der Waals surface area contributed by atoms with Crippen molar-refractivity contribution in [2.24, 2.45) is 0 Å². The van der Waals surface area contributed by atoms with Crippen molar-refractivity contribution >= 4 is 0 Å². The first-order valence-corrected chi connectivity index (χ1v) is 5.83. The summed E-state index contributed by atoms with van der Waals surface area (Å²) < 4.78 is 0. The zero-order chi connectivity index (χ0) is 11.0. The summed E-state index contributed by atoms with van der Waals surface area (Å²) in [7, 11) is 0. The molecule has 0 aromatic rings. The summed E-state index contributed by atoms with van der Waals surface area (Å²) in [6, 6.07) is 0. The van der Waals surface area contributed by atoms with Gasteiger partial charge in [0.1, 0.15) is 0 Å². The summed E-state index contributed by atoms with van der Waals surface area (Å²) in [6.07, 6.45) is 10.3. The van der Waals surface area contributed by atoms with Crippen LogP contribution >= 0.6 is 0 Å². The molecular weight excluding hydrogens is 168 g/mol. The fourth-order valence-electron chi connectivity index (χ4n) is 1.55. The van der Waals surface area contributed by atoms with Gasteiger partial charge in [0.05, 0.1) is 0 Å². The molecule has 14 heavy (non-hydrogen) atoms. The summed E-state index contributed by atoms with van der Waals surface area (Å²) in [5.41, 5.74) is 4.50. The van der Waals surface area contributed by atoms with E-state index in [4.69, 9.17) is 0 Å². The molecule has 0 aliphatic heterocycles. The lowest BCUT2D eigenvalue weighted by molar-refractivity contribution is 1.01. The first kappa shape index (κ1) is 13.2. The van der Waals surface area contributed by atoms with E-state index in [1.807, 2.05) is 13.8 Å². The minimum Gasteiger partial charge on any atom is -0.0770 e. The van der Waals surface area contributed by atoms with E-state index < -0.39 is 0 Å². The molecule has 0 heterocycles. The average Bonchev–Trinajstić information content (AvgIpc) is 2.42. The van der Waals surface area contributed by atoms with E-state index in [0.717, 1.165) is 12.8 Å². The lowest BCUT2D eigenvalue weighted by Gasteiger charge is -2.05. The highest BCUT2D eigenvalue weighted by molar-refractivity contribution is 5.37. The maximum absolute atomic E-state index is 2.37. The second kappa shape index (κ2) is 7.61. The molecule has 0 heteroatoms. The van der Waals surface area contributed by atoms with Gasteiger partial charge in [-0.25, -0.2) is 0 Å². The highest BCUT2D eigenvalue weighted by atomic mass is 14.1. The molecule has 0 saturated carbocycles. The predicted molar refractivity (Wildman–Crippen MR) is 66.5 cm³/mol. The van der Waals surface area contributed by atoms with Crippen LogP contribution in [0.3, 0.4) is 0 Å². The van der Waals surface area contributed by atoms with E-state index in [2.05, 4.69) is 39.0 Å². The summed E-state index contributed by atoms with van der Waals surface area (Å²) in [6.45, 7) is 10.7. The van der Waals surface area contributed by atoms with Crippen molar-refractivity contribution in [2.45, 2.75) is 53.9 Å². The molecule has 0 aromatic heterocycles. The second-order valence-electron chi connectivity index (χ2n) is 3.35. The van der Waals surface area contributed by atoms with Crippen molar-refractivity contribution in [1.82, 2.24) is 0 Å². The fraction of sp³-hybridized carbons (Fsp3) is 0.571. The lowest BCUT2D eigenvalue weighted by atomic mass is 10.0. The lowest BCUT2D eigenvalue weighted by Crippen LogP contribution is -1.85. The Hall–Kier alpha value is -0.780. The summed E-state index contributed by atoms with van der Waals surface area (Å²) in [4.78, 5) is 0. The molecule has 1 rings (SSSR count). The minimum atomic E-state index is 1.13. The van der Waals surface area contributed by atoms with Crippen LogP contribution in [-0.4, -0.2) is 0 Å². The standard InChI is InChI=1S/C12H18.C2H6/c1-4-11-8-6-10(3)7-9-12(11)5-2;1-2/h6,8-9H,4-5,7H2,1-3H3;1-2H3. The largest absolute Gasteiger partial charge is 0.0770 e. The second-order valence-corrected chi connectivity index (χ2v) is 3.35. The van der Waals surface area contributed by atoms with E-state index in [1.54, 1.807) is 0 Å². The zero-order valence-corrected chi connectivity index (χ0v) is 10.4. The van der Waals surface area contributed by atoms with Crippen LogP contribution in [0.25, 0.3) is 0 Å². The Kier molecular flexibility index (Phi) is 7.18. The molecule has 0 fully saturated rings. The SMILES string of the molecule is CC.CCC1=CC=C(C)CC=C1CC. The average molecular weight is 192 g/mol. The first-order chi connectivity index (χ1) is 6.77. The molecule has 1 aliphatic carbocycles. The molecule has 0 atom stereocenters. The van der Waals surface area contributed by atoms with E-state index in [1.165, 1.54) is 23.1 Å². The Morgan fingerprint density at radius 2 is 1.57 bits per heavy atom. The number of hydrogen-bond donors (Lipinski definition) is 0. The van der Waals surface area contributed by atoms with E-state index in [-0.39, 0.29) is 0 Å². The molecule has 0 saturated heterocycles. The molecular formula is C14H24. The van der Waals surface area contributed by atoms with Crippen LogP contribution < -0.4 is 0 Å². The van der Waals surface area contributed by atoms with E-state index in [9.17, 15) is 0 Å². The topological polar surface area (TPSA) is 0 Å². The quantitative estimate of drug-likeness (QED) is 0.575. The Labute approximate surface area is 89.4 Å². The molecule has 0 nitrogen and oxygen atoms in total. The molecule has 0 amide bonds. The third-order valence-corrected chi connectivity index (χ3v) is 2.41. The van der Waals surface area contributed by atoms with Crippen molar-refractivity contribution in [3.63, 3.8) is 0 Å². The Balaban J connectivity index is 0.000000791. The number of rotatable bonds is 2. The fourth-order valence-corrected chi connectivity index (χ4v) is 1.55. The van der Waals surface area contributed by atoms with Gasteiger partial charge >= 0.3 is 0 Å². The monoisotopic (exact) mass is 192 g/mol. The summed E-state index contributed by atoms with van der Waals surface area (Å²) >= 11 is 0. The van der Waals surface area contributed by atoms with Gasteiger partial charge < -0.3 is 0 Å². The van der Waals surface area contributed by atoms with Gasteiger partial charge in [0, 0.05) is 0 Å². The van der Waals surface area contributed by atoms with Gasteiger partial charge in [-0.05, 0) is 37.3 Å². The highest BCUT2D eigenvalue weighted by Gasteiger charge is 2.02. The smallest absolute Gasteiger partial charge is 0.0133 e. The van der Waals surface area contributed by atoms with Crippen molar-refractivity contribution in [1.29, 1.82) is 0 Å². The third kappa shape index (κ3) is 3.95. The summed E-state index contributed by atoms with van der Waals surface area (Å²) in [5.74, 6) is 0.